The second kappa shape index (κ2) is 6.14. The van der Waals surface area contributed by atoms with Crippen molar-refractivity contribution in [2.45, 2.75) is 19.4 Å². The zero-order valence-electron chi connectivity index (χ0n) is 8.17. The molecular weight excluding hydrogens is 247 g/mol. The first-order valence-corrected chi connectivity index (χ1v) is 5.79. The van der Waals surface area contributed by atoms with Crippen LogP contribution in [0.2, 0.25) is 0 Å². The molecule has 0 radical (unpaired) electrons. The van der Waals surface area contributed by atoms with Crippen molar-refractivity contribution >= 4 is 15.9 Å². The molecule has 0 bridgehead atoms. The van der Waals surface area contributed by atoms with E-state index in [1.54, 1.807) is 6.07 Å². The van der Waals surface area contributed by atoms with Gasteiger partial charge in [-0.05, 0) is 31.0 Å². The SMILES string of the molecule is CC(OCCCBr)c1cccc(F)c1. The lowest BCUT2D eigenvalue weighted by Gasteiger charge is -2.12. The van der Waals surface area contributed by atoms with E-state index in [9.17, 15) is 4.39 Å². The Bertz CT molecular complexity index is 278. The second-order valence-electron chi connectivity index (χ2n) is 3.11. The molecule has 0 spiro atoms. The Labute approximate surface area is 92.4 Å². The zero-order valence-corrected chi connectivity index (χ0v) is 9.76. The Balaban J connectivity index is 2.47. The van der Waals surface area contributed by atoms with Gasteiger partial charge in [0.15, 0.2) is 0 Å². The number of halogens is 2. The van der Waals surface area contributed by atoms with E-state index in [0.717, 1.165) is 17.3 Å². The molecular formula is C11H14BrFO. The number of alkyl halides is 1. The van der Waals surface area contributed by atoms with Crippen molar-refractivity contribution in [1.29, 1.82) is 0 Å². The molecule has 1 nitrogen and oxygen atoms in total. The molecule has 1 atom stereocenters. The van der Waals surface area contributed by atoms with Crippen molar-refractivity contribution in [3.8, 4) is 0 Å². The third kappa shape index (κ3) is 3.76. The summed E-state index contributed by atoms with van der Waals surface area (Å²) in [7, 11) is 0. The average molecular weight is 261 g/mol. The first-order valence-electron chi connectivity index (χ1n) is 4.67. The minimum Gasteiger partial charge on any atom is -0.374 e. The molecule has 0 heterocycles. The van der Waals surface area contributed by atoms with E-state index in [0.29, 0.717) is 6.61 Å². The highest BCUT2D eigenvalue weighted by Crippen LogP contribution is 2.17. The third-order valence-corrected chi connectivity index (χ3v) is 2.52. The van der Waals surface area contributed by atoms with Crippen molar-refractivity contribution in [3.05, 3.63) is 35.6 Å². The summed E-state index contributed by atoms with van der Waals surface area (Å²) in [5.74, 6) is -0.210. The van der Waals surface area contributed by atoms with Crippen LogP contribution in [0.25, 0.3) is 0 Å². The molecule has 3 heteroatoms. The summed E-state index contributed by atoms with van der Waals surface area (Å²) in [6.07, 6.45) is 0.935. The monoisotopic (exact) mass is 260 g/mol. The number of hydrogen-bond donors (Lipinski definition) is 0. The summed E-state index contributed by atoms with van der Waals surface area (Å²) < 4.78 is 18.4. The van der Waals surface area contributed by atoms with E-state index < -0.39 is 0 Å². The maximum Gasteiger partial charge on any atom is 0.123 e. The van der Waals surface area contributed by atoms with Gasteiger partial charge in [0.25, 0.3) is 0 Å². The van der Waals surface area contributed by atoms with E-state index in [1.807, 2.05) is 13.0 Å². The van der Waals surface area contributed by atoms with Gasteiger partial charge in [-0.2, -0.15) is 0 Å². The Morgan fingerprint density at radius 3 is 2.93 bits per heavy atom. The van der Waals surface area contributed by atoms with Crippen LogP contribution < -0.4 is 0 Å². The highest BCUT2D eigenvalue weighted by Gasteiger charge is 2.05. The van der Waals surface area contributed by atoms with Crippen LogP contribution in [0, 0.1) is 5.82 Å². The summed E-state index contributed by atoms with van der Waals surface area (Å²) in [5, 5.41) is 0.933. The molecule has 1 rings (SSSR count). The van der Waals surface area contributed by atoms with Crippen LogP contribution in [-0.4, -0.2) is 11.9 Å². The summed E-state index contributed by atoms with van der Waals surface area (Å²) in [5.41, 5.74) is 0.888. The minimum atomic E-state index is -0.210. The van der Waals surface area contributed by atoms with E-state index in [-0.39, 0.29) is 11.9 Å². The maximum absolute atomic E-state index is 12.9. The molecule has 0 saturated carbocycles. The zero-order chi connectivity index (χ0) is 10.4. The quantitative estimate of drug-likeness (QED) is 0.580. The molecule has 0 amide bonds. The first-order chi connectivity index (χ1) is 6.74. The van der Waals surface area contributed by atoms with Crippen LogP contribution in [0.3, 0.4) is 0 Å². The van der Waals surface area contributed by atoms with Gasteiger partial charge in [-0.25, -0.2) is 4.39 Å². The molecule has 1 unspecified atom stereocenters. The molecule has 0 fully saturated rings. The second-order valence-corrected chi connectivity index (χ2v) is 3.90. The largest absolute Gasteiger partial charge is 0.374 e. The maximum atomic E-state index is 12.9. The average Bonchev–Trinajstić information content (AvgIpc) is 2.18. The molecule has 0 aromatic heterocycles. The van der Waals surface area contributed by atoms with Gasteiger partial charge >= 0.3 is 0 Å². The summed E-state index contributed by atoms with van der Waals surface area (Å²) >= 11 is 3.33. The molecule has 0 saturated heterocycles. The number of rotatable bonds is 5. The van der Waals surface area contributed by atoms with Crippen LogP contribution in [-0.2, 0) is 4.74 Å². The fourth-order valence-corrected chi connectivity index (χ4v) is 1.40. The first kappa shape index (κ1) is 11.7. The number of ether oxygens (including phenoxy) is 1. The van der Waals surface area contributed by atoms with Gasteiger partial charge in [0.05, 0.1) is 6.10 Å². The van der Waals surface area contributed by atoms with Crippen molar-refractivity contribution < 1.29 is 9.13 Å². The van der Waals surface area contributed by atoms with Crippen LogP contribution >= 0.6 is 15.9 Å². The van der Waals surface area contributed by atoms with Gasteiger partial charge in [-0.15, -0.1) is 0 Å². The van der Waals surface area contributed by atoms with Crippen LogP contribution in [0.4, 0.5) is 4.39 Å². The lowest BCUT2D eigenvalue weighted by Crippen LogP contribution is -2.02. The topological polar surface area (TPSA) is 9.23 Å². The fraction of sp³-hybridized carbons (Fsp3) is 0.455. The van der Waals surface area contributed by atoms with Gasteiger partial charge in [0.2, 0.25) is 0 Å². The van der Waals surface area contributed by atoms with Crippen molar-refractivity contribution in [2.24, 2.45) is 0 Å². The van der Waals surface area contributed by atoms with E-state index in [1.165, 1.54) is 12.1 Å². The van der Waals surface area contributed by atoms with Crippen LogP contribution in [0.15, 0.2) is 24.3 Å². The number of benzene rings is 1. The molecule has 0 aliphatic heterocycles. The number of hydrogen-bond acceptors (Lipinski definition) is 1. The smallest absolute Gasteiger partial charge is 0.123 e. The molecule has 1 aromatic carbocycles. The molecule has 14 heavy (non-hydrogen) atoms. The van der Waals surface area contributed by atoms with E-state index >= 15 is 0 Å². The molecule has 1 aromatic rings. The van der Waals surface area contributed by atoms with Crippen molar-refractivity contribution in [3.63, 3.8) is 0 Å². The lowest BCUT2D eigenvalue weighted by atomic mass is 10.1. The summed E-state index contributed by atoms with van der Waals surface area (Å²) in [4.78, 5) is 0. The fourth-order valence-electron chi connectivity index (χ4n) is 1.17. The van der Waals surface area contributed by atoms with Gasteiger partial charge in [0.1, 0.15) is 5.82 Å². The van der Waals surface area contributed by atoms with Gasteiger partial charge in [-0.1, -0.05) is 28.1 Å². The van der Waals surface area contributed by atoms with Crippen molar-refractivity contribution in [1.82, 2.24) is 0 Å². The summed E-state index contributed by atoms with van der Waals surface area (Å²) in [6, 6.07) is 6.53. The molecule has 78 valence electrons. The van der Waals surface area contributed by atoms with E-state index in [4.69, 9.17) is 4.74 Å². The van der Waals surface area contributed by atoms with Gasteiger partial charge in [0, 0.05) is 11.9 Å². The van der Waals surface area contributed by atoms with E-state index in [2.05, 4.69) is 15.9 Å². The normalized spacial score (nSPS) is 12.8. The minimum absolute atomic E-state index is 0.0373. The highest BCUT2D eigenvalue weighted by atomic mass is 79.9. The third-order valence-electron chi connectivity index (χ3n) is 1.96. The molecule has 0 aliphatic carbocycles. The van der Waals surface area contributed by atoms with Gasteiger partial charge < -0.3 is 4.74 Å². The summed E-state index contributed by atoms with van der Waals surface area (Å²) in [6.45, 7) is 2.63. The Morgan fingerprint density at radius 1 is 1.50 bits per heavy atom. The standard InChI is InChI=1S/C11H14BrFO/c1-9(14-7-3-6-12)10-4-2-5-11(13)8-10/h2,4-5,8-9H,3,6-7H2,1H3. The highest BCUT2D eigenvalue weighted by molar-refractivity contribution is 9.09. The Morgan fingerprint density at radius 2 is 2.29 bits per heavy atom. The Hall–Kier alpha value is -0.410. The molecule has 0 aliphatic rings. The van der Waals surface area contributed by atoms with Crippen LogP contribution in [0.5, 0.6) is 0 Å². The van der Waals surface area contributed by atoms with Crippen molar-refractivity contribution in [2.75, 3.05) is 11.9 Å². The Kier molecular flexibility index (Phi) is 5.12. The lowest BCUT2D eigenvalue weighted by molar-refractivity contribution is 0.0667. The molecule has 0 N–H and O–H groups in total. The predicted molar refractivity (Wildman–Crippen MR) is 59.2 cm³/mol. The van der Waals surface area contributed by atoms with Gasteiger partial charge in [-0.3, -0.25) is 0 Å². The van der Waals surface area contributed by atoms with Crippen LogP contribution in [0.1, 0.15) is 25.0 Å². The predicted octanol–water partition coefficient (Wildman–Crippen LogP) is 3.69.